The van der Waals surface area contributed by atoms with Crippen LogP contribution in [0.25, 0.3) is 0 Å². The summed E-state index contributed by atoms with van der Waals surface area (Å²) in [5, 5.41) is 1.84. The van der Waals surface area contributed by atoms with Crippen molar-refractivity contribution in [3.05, 3.63) is 81.3 Å². The van der Waals surface area contributed by atoms with Crippen molar-refractivity contribution >= 4 is 11.8 Å². The number of rotatable bonds is 10. The molecule has 1 aromatic rings. The minimum Gasteiger partial charge on any atom is -0.399 e. The largest absolute Gasteiger partial charge is 0.399 e. The molecule has 0 radical (unpaired) electrons. The Bertz CT molecular complexity index is 739. The molecule has 1 unspecified atom stereocenters. The molecule has 1 rings (SSSR count). The first-order valence-electron chi connectivity index (χ1n) is 9.90. The predicted octanol–water partition coefficient (Wildman–Crippen LogP) is 7.57. The van der Waals surface area contributed by atoms with E-state index in [0.717, 1.165) is 37.0 Å². The van der Waals surface area contributed by atoms with Gasteiger partial charge >= 0.3 is 0 Å². The summed E-state index contributed by atoms with van der Waals surface area (Å²) in [7, 11) is 0. The Balaban J connectivity index is 3.15. The lowest BCUT2D eigenvalue weighted by atomic mass is 9.68. The molecule has 0 fully saturated rings. The molecule has 0 spiro atoms. The van der Waals surface area contributed by atoms with E-state index in [4.69, 9.17) is 5.73 Å². The van der Waals surface area contributed by atoms with Crippen molar-refractivity contribution in [1.29, 1.82) is 0 Å². The van der Waals surface area contributed by atoms with E-state index in [1.54, 1.807) is 11.8 Å². The van der Waals surface area contributed by atoms with Gasteiger partial charge in [-0.05, 0) is 79.5 Å². The van der Waals surface area contributed by atoms with Crippen LogP contribution in [0.5, 0.6) is 0 Å². The smallest absolute Gasteiger partial charge is 0.0314 e. The van der Waals surface area contributed by atoms with Gasteiger partial charge in [-0.2, -0.15) is 0 Å². The van der Waals surface area contributed by atoms with E-state index < -0.39 is 0 Å². The molecule has 1 atom stereocenters. The van der Waals surface area contributed by atoms with Crippen LogP contribution >= 0.6 is 11.8 Å². The average molecular weight is 384 g/mol. The van der Waals surface area contributed by atoms with E-state index in [9.17, 15) is 0 Å². The van der Waals surface area contributed by atoms with Crippen LogP contribution in [0.1, 0.15) is 70.6 Å². The van der Waals surface area contributed by atoms with Gasteiger partial charge in [-0.3, -0.25) is 0 Å². The molecule has 1 nitrogen and oxygen atoms in total. The Morgan fingerprint density at radius 2 is 1.89 bits per heavy atom. The van der Waals surface area contributed by atoms with E-state index in [0.29, 0.717) is 0 Å². The molecule has 0 heterocycles. The number of aryl methyl sites for hydroxylation is 1. The molecule has 0 aliphatic carbocycles. The van der Waals surface area contributed by atoms with E-state index in [1.807, 2.05) is 5.41 Å². The second kappa shape index (κ2) is 10.6. The fourth-order valence-corrected chi connectivity index (χ4v) is 4.41. The molecule has 0 saturated carbocycles. The molecule has 2 heteroatoms. The molecule has 27 heavy (non-hydrogen) atoms. The molecule has 0 aliphatic heterocycles. The highest BCUT2D eigenvalue weighted by atomic mass is 32.2. The molecule has 0 bridgehead atoms. The molecule has 1 aromatic carbocycles. The quantitative estimate of drug-likeness (QED) is 0.333. The molecule has 0 aliphatic rings. The van der Waals surface area contributed by atoms with E-state index >= 15 is 0 Å². The van der Waals surface area contributed by atoms with Gasteiger partial charge in [0.1, 0.15) is 0 Å². The van der Waals surface area contributed by atoms with Gasteiger partial charge in [-0.15, -0.1) is 11.8 Å². The van der Waals surface area contributed by atoms with Crippen LogP contribution in [-0.4, -0.2) is 0 Å². The van der Waals surface area contributed by atoms with E-state index in [1.165, 1.54) is 27.2 Å². The lowest BCUT2D eigenvalue weighted by Crippen LogP contribution is -2.27. The Hall–Kier alpha value is -1.67. The minimum atomic E-state index is 0.0879. The summed E-state index contributed by atoms with van der Waals surface area (Å²) < 4.78 is 0. The van der Waals surface area contributed by atoms with Crippen molar-refractivity contribution in [3.8, 4) is 0 Å². The van der Waals surface area contributed by atoms with Crippen LogP contribution in [0.2, 0.25) is 0 Å². The van der Waals surface area contributed by atoms with Crippen molar-refractivity contribution in [2.24, 2.45) is 5.73 Å². The first kappa shape index (κ1) is 23.4. The van der Waals surface area contributed by atoms with Gasteiger partial charge in [0, 0.05) is 11.1 Å². The van der Waals surface area contributed by atoms with Gasteiger partial charge in [0.05, 0.1) is 0 Å². The van der Waals surface area contributed by atoms with Crippen molar-refractivity contribution < 1.29 is 0 Å². The molecular formula is C25H37NS. The fourth-order valence-electron chi connectivity index (χ4n) is 3.86. The predicted molar refractivity (Wildman–Crippen MR) is 125 cm³/mol. The number of allylic oxidation sites excluding steroid dienone is 4. The van der Waals surface area contributed by atoms with Crippen LogP contribution in [0, 0.1) is 6.92 Å². The first-order valence-corrected chi connectivity index (χ1v) is 10.8. The maximum absolute atomic E-state index is 6.28. The highest BCUT2D eigenvalue weighted by molar-refractivity contribution is 8.05. The van der Waals surface area contributed by atoms with E-state index in [-0.39, 0.29) is 5.41 Å². The number of nitrogens with two attached hydrogens (primary N) is 1. The fraction of sp³-hybridized carbons (Fsp3) is 0.440. The third-order valence-corrected chi connectivity index (χ3v) is 6.51. The van der Waals surface area contributed by atoms with Crippen LogP contribution in [-0.2, 0) is 11.8 Å². The Labute approximate surface area is 171 Å². The maximum atomic E-state index is 6.28. The number of thioether (sulfide) groups is 1. The Morgan fingerprint density at radius 1 is 1.22 bits per heavy atom. The van der Waals surface area contributed by atoms with Gasteiger partial charge in [0.25, 0.3) is 0 Å². The highest BCUT2D eigenvalue weighted by Gasteiger charge is 2.31. The topological polar surface area (TPSA) is 26.0 Å². The summed E-state index contributed by atoms with van der Waals surface area (Å²) in [6.45, 7) is 21.2. The Morgan fingerprint density at radius 3 is 2.37 bits per heavy atom. The summed E-state index contributed by atoms with van der Waals surface area (Å²) >= 11 is 1.62. The van der Waals surface area contributed by atoms with E-state index in [2.05, 4.69) is 79.0 Å². The van der Waals surface area contributed by atoms with Gasteiger partial charge < -0.3 is 5.73 Å². The molecular weight excluding hydrogens is 346 g/mol. The third kappa shape index (κ3) is 5.65. The Kier molecular flexibility index (Phi) is 9.18. The minimum absolute atomic E-state index is 0.0879. The number of hydrogen-bond donors (Lipinski definition) is 1. The zero-order chi connectivity index (χ0) is 20.6. The van der Waals surface area contributed by atoms with Crippen LogP contribution in [0.15, 0.2) is 64.6 Å². The molecule has 0 amide bonds. The molecule has 0 aromatic heterocycles. The second-order valence-electron chi connectivity index (χ2n) is 7.44. The van der Waals surface area contributed by atoms with Gasteiger partial charge in [0.2, 0.25) is 0 Å². The van der Waals surface area contributed by atoms with Crippen LogP contribution in [0.4, 0.5) is 0 Å². The maximum Gasteiger partial charge on any atom is 0.0314 e. The average Bonchev–Trinajstić information content (AvgIpc) is 2.63. The normalized spacial score (nSPS) is 15.1. The molecule has 0 saturated heterocycles. The van der Waals surface area contributed by atoms with Crippen molar-refractivity contribution in [2.45, 2.75) is 72.6 Å². The highest BCUT2D eigenvalue weighted by Crippen LogP contribution is 2.41. The van der Waals surface area contributed by atoms with Gasteiger partial charge in [-0.1, -0.05) is 63.3 Å². The zero-order valence-electron chi connectivity index (χ0n) is 18.1. The van der Waals surface area contributed by atoms with Gasteiger partial charge in [0.15, 0.2) is 0 Å². The summed E-state index contributed by atoms with van der Waals surface area (Å²) in [5.74, 6) is 0. The van der Waals surface area contributed by atoms with Crippen LogP contribution in [0.3, 0.4) is 0 Å². The summed E-state index contributed by atoms with van der Waals surface area (Å²) in [5.41, 5.74) is 13.7. The van der Waals surface area contributed by atoms with Crippen molar-refractivity contribution in [3.63, 3.8) is 0 Å². The second-order valence-corrected chi connectivity index (χ2v) is 8.63. The first-order chi connectivity index (χ1) is 12.7. The third-order valence-electron chi connectivity index (χ3n) is 5.68. The standard InChI is InChI=1S/C25H37NS/c1-9-16-25(10-2,18(4)5)23-14-12-22(17-19(23)6)13-15-24(26)20(7)21(8)27-11-3/h11-12,14-15,17H,3-4,9-10,13,16,26H2,1-2,5-8H3/b21-20-,24-15+. The SMILES string of the molecule is C=CS/C(C)=C(C)\C(N)=C/Cc1ccc(C(CC)(CCC)C(=C)C)c(C)c1. The number of hydrogen-bond acceptors (Lipinski definition) is 2. The van der Waals surface area contributed by atoms with Crippen molar-refractivity contribution in [2.75, 3.05) is 0 Å². The lowest BCUT2D eigenvalue weighted by Gasteiger charge is -2.35. The van der Waals surface area contributed by atoms with Crippen molar-refractivity contribution in [1.82, 2.24) is 0 Å². The van der Waals surface area contributed by atoms with Gasteiger partial charge in [-0.25, -0.2) is 0 Å². The molecule has 148 valence electrons. The van der Waals surface area contributed by atoms with Crippen LogP contribution < -0.4 is 5.73 Å². The lowest BCUT2D eigenvalue weighted by molar-refractivity contribution is 0.439. The summed E-state index contributed by atoms with van der Waals surface area (Å²) in [6, 6.07) is 6.87. The summed E-state index contributed by atoms with van der Waals surface area (Å²) in [6.07, 6.45) is 6.36. The monoisotopic (exact) mass is 383 g/mol. The summed E-state index contributed by atoms with van der Waals surface area (Å²) in [4.78, 5) is 1.19. The number of benzene rings is 1. The zero-order valence-corrected chi connectivity index (χ0v) is 18.9. The molecule has 2 N–H and O–H groups in total.